The van der Waals surface area contributed by atoms with Gasteiger partial charge in [0.05, 0.1) is 0 Å². The summed E-state index contributed by atoms with van der Waals surface area (Å²) in [6.45, 7) is 3.76. The molecule has 0 aliphatic rings. The molecule has 0 atom stereocenters. The van der Waals surface area contributed by atoms with Crippen molar-refractivity contribution in [3.05, 3.63) is 37.0 Å². The molecule has 0 saturated carbocycles. The Morgan fingerprint density at radius 3 is 2.50 bits per heavy atom. The summed E-state index contributed by atoms with van der Waals surface area (Å²) in [6, 6.07) is 6.60. The van der Waals surface area contributed by atoms with Crippen molar-refractivity contribution < 1.29 is 4.39 Å². The van der Waals surface area contributed by atoms with E-state index in [1.54, 1.807) is 11.8 Å². The molecule has 0 N–H and O–H groups in total. The molecule has 2 heteroatoms. The normalized spacial score (nSPS) is 10.2. The first-order valence-corrected chi connectivity index (χ1v) is 4.99. The van der Waals surface area contributed by atoms with Gasteiger partial charge in [-0.3, -0.25) is 0 Å². The molecule has 1 aromatic carbocycles. The third kappa shape index (κ3) is 3.26. The van der Waals surface area contributed by atoms with Crippen LogP contribution in [0.5, 0.6) is 0 Å². The van der Waals surface area contributed by atoms with Crippen molar-refractivity contribution in [2.45, 2.75) is 17.7 Å². The Morgan fingerprint density at radius 2 is 1.92 bits per heavy atom. The van der Waals surface area contributed by atoms with Crippen LogP contribution in [0.1, 0.15) is 12.8 Å². The fourth-order valence-corrected chi connectivity index (χ4v) is 1.74. The molecule has 0 bridgehead atoms. The SMILES string of the molecule is [CH2]CCCSc1ccc(F)cc1. The van der Waals surface area contributed by atoms with Gasteiger partial charge in [0.25, 0.3) is 0 Å². The van der Waals surface area contributed by atoms with Gasteiger partial charge in [-0.1, -0.05) is 13.3 Å². The first kappa shape index (κ1) is 9.59. The summed E-state index contributed by atoms with van der Waals surface area (Å²) in [7, 11) is 0. The molecule has 0 fully saturated rings. The number of halogens is 1. The Kier molecular flexibility index (Phi) is 4.15. The number of hydrogen-bond acceptors (Lipinski definition) is 1. The van der Waals surface area contributed by atoms with E-state index in [9.17, 15) is 4.39 Å². The molecule has 0 unspecified atom stereocenters. The molecule has 0 saturated heterocycles. The highest BCUT2D eigenvalue weighted by Gasteiger charge is 1.93. The van der Waals surface area contributed by atoms with Crippen LogP contribution >= 0.6 is 11.8 Å². The Labute approximate surface area is 77.2 Å². The fourth-order valence-electron chi connectivity index (χ4n) is 0.823. The van der Waals surface area contributed by atoms with Gasteiger partial charge in [-0.05, 0) is 36.4 Å². The van der Waals surface area contributed by atoms with Crippen LogP contribution in [0.4, 0.5) is 4.39 Å². The maximum absolute atomic E-state index is 12.5. The second-order valence-electron chi connectivity index (χ2n) is 2.51. The zero-order chi connectivity index (χ0) is 8.81. The number of rotatable bonds is 4. The van der Waals surface area contributed by atoms with Gasteiger partial charge in [0.1, 0.15) is 5.82 Å². The largest absolute Gasteiger partial charge is 0.207 e. The van der Waals surface area contributed by atoms with Gasteiger partial charge in [-0.2, -0.15) is 0 Å². The van der Waals surface area contributed by atoms with Crippen molar-refractivity contribution in [1.82, 2.24) is 0 Å². The van der Waals surface area contributed by atoms with Crippen LogP contribution in [0.3, 0.4) is 0 Å². The standard InChI is InChI=1S/C10H12FS/c1-2-3-8-12-10-6-4-9(11)5-7-10/h4-7H,1-3,8H2. The predicted octanol–water partition coefficient (Wildman–Crippen LogP) is 3.53. The Balaban J connectivity index is 2.37. The van der Waals surface area contributed by atoms with E-state index in [2.05, 4.69) is 6.92 Å². The molecule has 1 radical (unpaired) electrons. The molecule has 12 heavy (non-hydrogen) atoms. The fraction of sp³-hybridized carbons (Fsp3) is 0.300. The first-order chi connectivity index (χ1) is 5.83. The molecule has 0 heterocycles. The highest BCUT2D eigenvalue weighted by Crippen LogP contribution is 2.18. The minimum Gasteiger partial charge on any atom is -0.207 e. The number of benzene rings is 1. The van der Waals surface area contributed by atoms with Crippen LogP contribution < -0.4 is 0 Å². The average molecular weight is 183 g/mol. The third-order valence-electron chi connectivity index (χ3n) is 1.48. The summed E-state index contributed by atoms with van der Waals surface area (Å²) >= 11 is 1.75. The summed E-state index contributed by atoms with van der Waals surface area (Å²) in [5.74, 6) is 0.895. The predicted molar refractivity (Wildman–Crippen MR) is 51.7 cm³/mol. The summed E-state index contributed by atoms with van der Waals surface area (Å²) in [6.07, 6.45) is 2.08. The van der Waals surface area contributed by atoms with E-state index in [-0.39, 0.29) is 5.82 Å². The molecule has 0 aliphatic heterocycles. The second-order valence-corrected chi connectivity index (χ2v) is 3.68. The van der Waals surface area contributed by atoms with Crippen molar-refractivity contribution in [2.75, 3.05) is 5.75 Å². The molecular weight excluding hydrogens is 171 g/mol. The van der Waals surface area contributed by atoms with E-state index >= 15 is 0 Å². The monoisotopic (exact) mass is 183 g/mol. The highest BCUT2D eigenvalue weighted by atomic mass is 32.2. The molecule has 1 rings (SSSR count). The third-order valence-corrected chi connectivity index (χ3v) is 2.58. The lowest BCUT2D eigenvalue weighted by molar-refractivity contribution is 0.626. The summed E-state index contributed by atoms with van der Waals surface area (Å²) in [5, 5.41) is 0. The molecule has 0 aromatic heterocycles. The summed E-state index contributed by atoms with van der Waals surface area (Å²) < 4.78 is 12.5. The molecule has 0 spiro atoms. The van der Waals surface area contributed by atoms with E-state index in [0.717, 1.165) is 23.5 Å². The van der Waals surface area contributed by atoms with Gasteiger partial charge in [-0.25, -0.2) is 4.39 Å². The molecule has 0 nitrogen and oxygen atoms in total. The van der Waals surface area contributed by atoms with Crippen LogP contribution in [-0.4, -0.2) is 5.75 Å². The Bertz CT molecular complexity index is 218. The quantitative estimate of drug-likeness (QED) is 0.508. The topological polar surface area (TPSA) is 0 Å². The Hall–Kier alpha value is -0.500. The minimum absolute atomic E-state index is 0.170. The highest BCUT2D eigenvalue weighted by molar-refractivity contribution is 7.99. The number of unbranched alkanes of at least 4 members (excludes halogenated alkanes) is 1. The van der Waals surface area contributed by atoms with Crippen LogP contribution in [0.25, 0.3) is 0 Å². The van der Waals surface area contributed by atoms with Crippen molar-refractivity contribution in [3.63, 3.8) is 0 Å². The van der Waals surface area contributed by atoms with Crippen LogP contribution in [0.2, 0.25) is 0 Å². The van der Waals surface area contributed by atoms with Crippen molar-refractivity contribution >= 4 is 11.8 Å². The molecule has 1 aromatic rings. The minimum atomic E-state index is -0.170. The van der Waals surface area contributed by atoms with Crippen LogP contribution in [0.15, 0.2) is 29.2 Å². The van der Waals surface area contributed by atoms with Crippen molar-refractivity contribution in [1.29, 1.82) is 0 Å². The average Bonchev–Trinajstić information content (AvgIpc) is 2.09. The van der Waals surface area contributed by atoms with Gasteiger partial charge >= 0.3 is 0 Å². The zero-order valence-corrected chi connectivity index (χ0v) is 7.74. The summed E-state index contributed by atoms with van der Waals surface area (Å²) in [5.41, 5.74) is 0. The molecular formula is C10H12FS. The van der Waals surface area contributed by atoms with Gasteiger partial charge in [-0.15, -0.1) is 11.8 Å². The van der Waals surface area contributed by atoms with Gasteiger partial charge < -0.3 is 0 Å². The number of thioether (sulfide) groups is 1. The van der Waals surface area contributed by atoms with Crippen LogP contribution in [0, 0.1) is 12.7 Å². The second kappa shape index (κ2) is 5.20. The van der Waals surface area contributed by atoms with E-state index in [0.29, 0.717) is 0 Å². The van der Waals surface area contributed by atoms with Crippen molar-refractivity contribution in [2.24, 2.45) is 0 Å². The zero-order valence-electron chi connectivity index (χ0n) is 6.92. The van der Waals surface area contributed by atoms with Gasteiger partial charge in [0.15, 0.2) is 0 Å². The van der Waals surface area contributed by atoms with E-state index in [1.165, 1.54) is 12.1 Å². The lowest BCUT2D eigenvalue weighted by atomic mass is 10.3. The van der Waals surface area contributed by atoms with Crippen molar-refractivity contribution in [3.8, 4) is 0 Å². The maximum Gasteiger partial charge on any atom is 0.123 e. The Morgan fingerprint density at radius 1 is 1.25 bits per heavy atom. The summed E-state index contributed by atoms with van der Waals surface area (Å²) in [4.78, 5) is 1.13. The first-order valence-electron chi connectivity index (χ1n) is 4.00. The van der Waals surface area contributed by atoms with Gasteiger partial charge in [0, 0.05) is 4.90 Å². The van der Waals surface area contributed by atoms with Gasteiger partial charge in [0.2, 0.25) is 0 Å². The lowest BCUT2D eigenvalue weighted by Gasteiger charge is -1.98. The smallest absolute Gasteiger partial charge is 0.123 e. The maximum atomic E-state index is 12.5. The van der Waals surface area contributed by atoms with E-state index in [4.69, 9.17) is 0 Å². The molecule has 0 amide bonds. The van der Waals surface area contributed by atoms with E-state index in [1.807, 2.05) is 12.1 Å². The molecule has 65 valence electrons. The van der Waals surface area contributed by atoms with E-state index < -0.39 is 0 Å². The molecule has 0 aliphatic carbocycles. The van der Waals surface area contributed by atoms with Crippen LogP contribution in [-0.2, 0) is 0 Å². The number of hydrogen-bond donors (Lipinski definition) is 0. The lowest BCUT2D eigenvalue weighted by Crippen LogP contribution is -1.78.